The van der Waals surface area contributed by atoms with Gasteiger partial charge in [0, 0.05) is 23.4 Å². The van der Waals surface area contributed by atoms with Crippen molar-refractivity contribution < 1.29 is 9.21 Å². The number of anilines is 1. The molecule has 2 heterocycles. The molecule has 5 rings (SSSR count). The number of carbonyl (C=O) groups is 1. The first-order valence-corrected chi connectivity index (χ1v) is 13.2. The highest BCUT2D eigenvalue weighted by atomic mass is 35.5. The molecule has 1 saturated heterocycles. The van der Waals surface area contributed by atoms with Crippen molar-refractivity contribution in [3.05, 3.63) is 81.4 Å². The van der Waals surface area contributed by atoms with Crippen molar-refractivity contribution in [3.8, 4) is 11.3 Å². The second-order valence-corrected chi connectivity index (χ2v) is 10.8. The number of nitrogens with zero attached hydrogens (tertiary/aromatic N) is 1. The van der Waals surface area contributed by atoms with E-state index in [1.54, 1.807) is 23.9 Å². The first-order chi connectivity index (χ1) is 16.5. The van der Waals surface area contributed by atoms with Crippen LogP contribution in [0.1, 0.15) is 38.4 Å². The molecule has 4 nitrogen and oxygen atoms in total. The number of hydrogen-bond donors (Lipinski definition) is 1. The molecule has 2 aliphatic rings. The van der Waals surface area contributed by atoms with Crippen LogP contribution in [0.4, 0.5) is 5.69 Å². The van der Waals surface area contributed by atoms with Gasteiger partial charge in [0.25, 0.3) is 5.91 Å². The summed E-state index contributed by atoms with van der Waals surface area (Å²) >= 11 is 13.8. The van der Waals surface area contributed by atoms with Gasteiger partial charge in [-0.2, -0.15) is 0 Å². The molecule has 0 radical (unpaired) electrons. The van der Waals surface area contributed by atoms with Crippen LogP contribution in [0.15, 0.2) is 70.0 Å². The summed E-state index contributed by atoms with van der Waals surface area (Å²) in [5, 5.41) is 4.54. The minimum Gasteiger partial charge on any atom is -0.457 e. The largest absolute Gasteiger partial charge is 0.457 e. The minimum atomic E-state index is -0.156. The highest BCUT2D eigenvalue weighted by Crippen LogP contribution is 2.42. The number of carbonyl (C=O) groups excluding carboxylic acids is 1. The molecular formula is C27H26Cl2N2O2S. The van der Waals surface area contributed by atoms with Crippen molar-refractivity contribution in [1.29, 1.82) is 0 Å². The van der Waals surface area contributed by atoms with Crippen molar-refractivity contribution in [1.82, 2.24) is 4.90 Å². The van der Waals surface area contributed by atoms with Crippen LogP contribution in [0.5, 0.6) is 0 Å². The lowest BCUT2D eigenvalue weighted by Gasteiger charge is -2.39. The summed E-state index contributed by atoms with van der Waals surface area (Å²) in [6.45, 7) is 2.26. The Morgan fingerprint density at radius 2 is 1.82 bits per heavy atom. The first-order valence-electron chi connectivity index (χ1n) is 11.6. The number of halogens is 2. The molecule has 1 amide bonds. The van der Waals surface area contributed by atoms with Crippen LogP contribution in [0, 0.1) is 5.92 Å². The van der Waals surface area contributed by atoms with Crippen LogP contribution < -0.4 is 5.32 Å². The molecule has 0 spiro atoms. The van der Waals surface area contributed by atoms with Crippen molar-refractivity contribution in [3.63, 3.8) is 0 Å². The van der Waals surface area contributed by atoms with Crippen molar-refractivity contribution in [2.45, 2.75) is 44.1 Å². The second-order valence-electron chi connectivity index (χ2n) is 8.86. The van der Waals surface area contributed by atoms with Gasteiger partial charge in [-0.3, -0.25) is 4.79 Å². The number of rotatable bonds is 5. The zero-order valence-corrected chi connectivity index (χ0v) is 21.2. The average molecular weight is 513 g/mol. The van der Waals surface area contributed by atoms with E-state index in [9.17, 15) is 4.79 Å². The summed E-state index contributed by atoms with van der Waals surface area (Å²) in [5.41, 5.74) is 1.68. The summed E-state index contributed by atoms with van der Waals surface area (Å²) < 4.78 is 6.05. The molecule has 7 heteroatoms. The molecule has 2 aromatic carbocycles. The van der Waals surface area contributed by atoms with E-state index < -0.39 is 0 Å². The van der Waals surface area contributed by atoms with Gasteiger partial charge in [-0.05, 0) is 61.2 Å². The molecule has 1 aromatic heterocycles. The van der Waals surface area contributed by atoms with Gasteiger partial charge in [0.2, 0.25) is 0 Å². The summed E-state index contributed by atoms with van der Waals surface area (Å²) in [4.78, 5) is 16.4. The standard InChI is InChI=1S/C27H26Cl2N2O2S/c1-17-7-5-6-10-23(17)31-26(32)25(34-27(31)30-19-8-3-2-4-9-19)16-20-12-14-24(33-20)18-11-13-21(28)22(29)15-18/h2-4,8-9,11-17,23,27,30H,5-7,10H2,1H3/b25-16-/t17-,23+,27?/m0/s1. The third kappa shape index (κ3) is 4.88. The highest BCUT2D eigenvalue weighted by molar-refractivity contribution is 8.05. The average Bonchev–Trinajstić information content (AvgIpc) is 3.42. The molecule has 0 bridgehead atoms. The molecule has 1 saturated carbocycles. The fraction of sp³-hybridized carbons (Fsp3) is 0.296. The van der Waals surface area contributed by atoms with E-state index >= 15 is 0 Å². The maximum absolute atomic E-state index is 13.6. The van der Waals surface area contributed by atoms with Crippen LogP contribution >= 0.6 is 35.0 Å². The molecule has 1 N–H and O–H groups in total. The number of para-hydroxylation sites is 1. The Morgan fingerprint density at radius 1 is 1.03 bits per heavy atom. The molecule has 3 aromatic rings. The van der Waals surface area contributed by atoms with Gasteiger partial charge < -0.3 is 14.6 Å². The van der Waals surface area contributed by atoms with E-state index in [4.69, 9.17) is 27.6 Å². The molecule has 1 aliphatic carbocycles. The lowest BCUT2D eigenvalue weighted by molar-refractivity contribution is -0.129. The van der Waals surface area contributed by atoms with Gasteiger partial charge >= 0.3 is 0 Å². The lowest BCUT2D eigenvalue weighted by atomic mass is 9.85. The van der Waals surface area contributed by atoms with Gasteiger partial charge in [-0.1, -0.05) is 72.9 Å². The molecular weight excluding hydrogens is 487 g/mol. The molecule has 2 fully saturated rings. The van der Waals surface area contributed by atoms with E-state index in [1.807, 2.05) is 54.6 Å². The maximum atomic E-state index is 13.6. The maximum Gasteiger partial charge on any atom is 0.263 e. The number of benzene rings is 2. The van der Waals surface area contributed by atoms with E-state index in [1.165, 1.54) is 6.42 Å². The minimum absolute atomic E-state index is 0.0599. The van der Waals surface area contributed by atoms with Crippen LogP contribution in [-0.4, -0.2) is 22.3 Å². The molecule has 176 valence electrons. The third-order valence-electron chi connectivity index (χ3n) is 6.53. The van der Waals surface area contributed by atoms with E-state index in [0.29, 0.717) is 32.4 Å². The Hall–Kier alpha value is -2.34. The van der Waals surface area contributed by atoms with Crippen molar-refractivity contribution >= 4 is 52.6 Å². The summed E-state index contributed by atoms with van der Waals surface area (Å²) in [7, 11) is 0. The molecule has 1 unspecified atom stereocenters. The monoisotopic (exact) mass is 512 g/mol. The summed E-state index contributed by atoms with van der Waals surface area (Å²) in [6, 6.07) is 19.4. The van der Waals surface area contributed by atoms with Gasteiger partial charge in [0.15, 0.2) is 5.50 Å². The quantitative estimate of drug-likeness (QED) is 0.350. The summed E-state index contributed by atoms with van der Waals surface area (Å²) in [5.74, 6) is 1.85. The number of amides is 1. The molecule has 3 atom stereocenters. The summed E-state index contributed by atoms with van der Waals surface area (Å²) in [6.07, 6.45) is 6.43. The fourth-order valence-electron chi connectivity index (χ4n) is 4.73. The molecule has 34 heavy (non-hydrogen) atoms. The Balaban J connectivity index is 1.43. The predicted octanol–water partition coefficient (Wildman–Crippen LogP) is 8.14. The fourth-order valence-corrected chi connectivity index (χ4v) is 6.22. The van der Waals surface area contributed by atoms with E-state index in [-0.39, 0.29) is 17.4 Å². The zero-order valence-electron chi connectivity index (χ0n) is 18.8. The van der Waals surface area contributed by atoms with Crippen LogP contribution in [0.2, 0.25) is 10.0 Å². The highest BCUT2D eigenvalue weighted by Gasteiger charge is 2.43. The third-order valence-corrected chi connectivity index (χ3v) is 8.38. The Bertz CT molecular complexity index is 1210. The number of furan rings is 1. The van der Waals surface area contributed by atoms with Gasteiger partial charge in [0.05, 0.1) is 15.0 Å². The Morgan fingerprint density at radius 3 is 2.59 bits per heavy atom. The Labute approximate surface area is 214 Å². The van der Waals surface area contributed by atoms with Crippen molar-refractivity contribution in [2.24, 2.45) is 5.92 Å². The second kappa shape index (κ2) is 10.1. The van der Waals surface area contributed by atoms with Crippen molar-refractivity contribution in [2.75, 3.05) is 5.32 Å². The zero-order chi connectivity index (χ0) is 23.7. The van der Waals surface area contributed by atoms with Crippen LogP contribution in [0.25, 0.3) is 17.4 Å². The predicted molar refractivity (Wildman–Crippen MR) is 142 cm³/mol. The van der Waals surface area contributed by atoms with Crippen LogP contribution in [-0.2, 0) is 4.79 Å². The smallest absolute Gasteiger partial charge is 0.263 e. The number of thioether (sulfide) groups is 1. The Kier molecular flexibility index (Phi) is 6.96. The number of hydrogen-bond acceptors (Lipinski definition) is 4. The topological polar surface area (TPSA) is 45.5 Å². The number of nitrogens with one attached hydrogen (secondary N) is 1. The van der Waals surface area contributed by atoms with Gasteiger partial charge in [-0.15, -0.1) is 0 Å². The molecule has 1 aliphatic heterocycles. The van der Waals surface area contributed by atoms with E-state index in [2.05, 4.69) is 17.1 Å². The first kappa shape index (κ1) is 23.4. The SMILES string of the molecule is C[C@H]1CCCC[C@H]1N1C(=O)/C(=C/c2ccc(-c3ccc(Cl)c(Cl)c3)o2)SC1Nc1ccccc1. The van der Waals surface area contributed by atoms with Gasteiger partial charge in [0.1, 0.15) is 11.5 Å². The lowest BCUT2D eigenvalue weighted by Crippen LogP contribution is -2.48. The normalized spacial score (nSPS) is 24.1. The van der Waals surface area contributed by atoms with Gasteiger partial charge in [-0.25, -0.2) is 0 Å². The van der Waals surface area contributed by atoms with Crippen LogP contribution in [0.3, 0.4) is 0 Å². The van der Waals surface area contributed by atoms with E-state index in [0.717, 1.165) is 30.5 Å².